The quantitative estimate of drug-likeness (QED) is 0.713. The van der Waals surface area contributed by atoms with Gasteiger partial charge in [-0.15, -0.1) is 11.8 Å². The number of methoxy groups -OCH3 is 1. The van der Waals surface area contributed by atoms with Crippen LogP contribution in [0.1, 0.15) is 18.3 Å². The average molecular weight is 376 g/mol. The van der Waals surface area contributed by atoms with Gasteiger partial charge < -0.3 is 20.7 Å². The third-order valence-corrected chi connectivity index (χ3v) is 4.70. The van der Waals surface area contributed by atoms with Gasteiger partial charge in [-0.3, -0.25) is 4.79 Å². The highest BCUT2D eigenvalue weighted by Gasteiger charge is 2.15. The first-order valence-corrected chi connectivity index (χ1v) is 9.14. The summed E-state index contributed by atoms with van der Waals surface area (Å²) in [6.45, 7) is 2.26. The number of benzene rings is 1. The van der Waals surface area contributed by atoms with Gasteiger partial charge in [-0.2, -0.15) is 15.0 Å². The summed E-state index contributed by atoms with van der Waals surface area (Å²) < 4.78 is 5.29. The number of carbonyl (C=O) groups is 1. The van der Waals surface area contributed by atoms with Gasteiger partial charge in [-0.05, 0) is 13.0 Å². The number of hydrogen-bond donors (Lipinski definition) is 2. The van der Waals surface area contributed by atoms with Crippen molar-refractivity contribution in [2.45, 2.75) is 24.5 Å². The number of hydrogen-bond acceptors (Lipinski definition) is 8. The van der Waals surface area contributed by atoms with Crippen LogP contribution in [0.25, 0.3) is 0 Å². The summed E-state index contributed by atoms with van der Waals surface area (Å²) in [6, 6.07) is 7.60. The van der Waals surface area contributed by atoms with Crippen molar-refractivity contribution in [1.82, 2.24) is 20.3 Å². The zero-order valence-corrected chi connectivity index (χ0v) is 16.2. The molecule has 0 bridgehead atoms. The van der Waals surface area contributed by atoms with Crippen LogP contribution in [-0.4, -0.2) is 47.3 Å². The van der Waals surface area contributed by atoms with Crippen molar-refractivity contribution in [3.05, 3.63) is 35.7 Å². The Hall–Kier alpha value is -2.55. The van der Waals surface area contributed by atoms with E-state index in [1.54, 1.807) is 12.0 Å². The third-order valence-electron chi connectivity index (χ3n) is 3.56. The summed E-state index contributed by atoms with van der Waals surface area (Å²) in [6.07, 6.45) is 0. The molecular weight excluding hydrogens is 352 g/mol. The molecule has 1 aromatic heterocycles. The largest absolute Gasteiger partial charge is 0.496 e. The van der Waals surface area contributed by atoms with Gasteiger partial charge in [0.1, 0.15) is 11.6 Å². The number of nitrogen functional groups attached to an aromatic ring is 1. The van der Waals surface area contributed by atoms with Crippen LogP contribution in [0.4, 0.5) is 11.9 Å². The van der Waals surface area contributed by atoms with Crippen LogP contribution in [0, 0.1) is 0 Å². The molecule has 0 saturated carbocycles. The maximum absolute atomic E-state index is 12.3. The van der Waals surface area contributed by atoms with Gasteiger partial charge in [-0.25, -0.2) is 0 Å². The van der Waals surface area contributed by atoms with Crippen LogP contribution < -0.4 is 20.7 Å². The molecule has 140 valence electrons. The van der Waals surface area contributed by atoms with Crippen LogP contribution >= 0.6 is 11.8 Å². The summed E-state index contributed by atoms with van der Waals surface area (Å²) in [7, 11) is 5.28. The van der Waals surface area contributed by atoms with E-state index in [0.29, 0.717) is 24.1 Å². The van der Waals surface area contributed by atoms with E-state index in [-0.39, 0.29) is 17.1 Å². The van der Waals surface area contributed by atoms with Gasteiger partial charge in [0.15, 0.2) is 0 Å². The second kappa shape index (κ2) is 9.23. The normalized spacial score (nSPS) is 11.7. The van der Waals surface area contributed by atoms with Crippen molar-refractivity contribution in [3.8, 4) is 5.75 Å². The second-order valence-corrected chi connectivity index (χ2v) is 7.12. The van der Waals surface area contributed by atoms with Crippen molar-refractivity contribution in [2.75, 3.05) is 31.8 Å². The first kappa shape index (κ1) is 19.8. The molecule has 8 nitrogen and oxygen atoms in total. The highest BCUT2D eigenvalue weighted by Crippen LogP contribution is 2.19. The maximum atomic E-state index is 12.3. The third kappa shape index (κ3) is 5.48. The highest BCUT2D eigenvalue weighted by molar-refractivity contribution is 7.99. The van der Waals surface area contributed by atoms with E-state index in [1.807, 2.05) is 45.3 Å². The zero-order valence-electron chi connectivity index (χ0n) is 15.4. The van der Waals surface area contributed by atoms with Crippen LogP contribution in [0.15, 0.2) is 24.3 Å². The molecule has 3 N–H and O–H groups in total. The number of para-hydroxylation sites is 1. The lowest BCUT2D eigenvalue weighted by molar-refractivity contribution is -0.120. The van der Waals surface area contributed by atoms with Gasteiger partial charge in [0.25, 0.3) is 0 Å². The number of ether oxygens (including phenoxy) is 1. The number of carbonyl (C=O) groups excluding carboxylic acids is 1. The Balaban J connectivity index is 1.89. The fourth-order valence-electron chi connectivity index (χ4n) is 2.14. The minimum absolute atomic E-state index is 0.0595. The fraction of sp³-hybridized carbons (Fsp3) is 0.412. The number of amides is 1. The van der Waals surface area contributed by atoms with Crippen LogP contribution in [-0.2, 0) is 17.1 Å². The van der Waals surface area contributed by atoms with Crippen LogP contribution in [0.2, 0.25) is 0 Å². The molecule has 1 heterocycles. The van der Waals surface area contributed by atoms with E-state index in [2.05, 4.69) is 20.3 Å². The van der Waals surface area contributed by atoms with E-state index in [4.69, 9.17) is 10.5 Å². The zero-order chi connectivity index (χ0) is 19.1. The smallest absolute Gasteiger partial charge is 0.233 e. The highest BCUT2D eigenvalue weighted by atomic mass is 32.2. The first-order chi connectivity index (χ1) is 12.4. The lowest BCUT2D eigenvalue weighted by Crippen LogP contribution is -2.30. The Morgan fingerprint density at radius 3 is 2.73 bits per heavy atom. The summed E-state index contributed by atoms with van der Waals surface area (Å²) in [5, 5.41) is 2.67. The summed E-state index contributed by atoms with van der Waals surface area (Å²) in [5.74, 6) is 2.39. The molecule has 0 unspecified atom stereocenters. The minimum Gasteiger partial charge on any atom is -0.496 e. The summed E-state index contributed by atoms with van der Waals surface area (Å²) in [4.78, 5) is 26.6. The van der Waals surface area contributed by atoms with Crippen LogP contribution in [0.3, 0.4) is 0 Å². The molecular formula is C17H24N6O2S. The standard InChI is InChI=1S/C17H24N6O2S/c1-11(15(24)19-9-12-7-5-6-8-13(12)25-4)26-10-14-20-16(18)22-17(21-14)23(2)3/h5-8,11H,9-10H2,1-4H3,(H,19,24)(H2,18,20,21,22)/t11-/m1/s1. The van der Waals surface area contributed by atoms with Crippen molar-refractivity contribution in [2.24, 2.45) is 0 Å². The van der Waals surface area contributed by atoms with Gasteiger partial charge in [-0.1, -0.05) is 18.2 Å². The molecule has 1 atom stereocenters. The molecule has 0 saturated heterocycles. The number of nitrogens with zero attached hydrogens (tertiary/aromatic N) is 4. The number of nitrogens with two attached hydrogens (primary N) is 1. The molecule has 0 fully saturated rings. The number of aromatic nitrogens is 3. The molecule has 0 aliphatic carbocycles. The molecule has 0 spiro atoms. The number of anilines is 2. The van der Waals surface area contributed by atoms with E-state index in [0.717, 1.165) is 11.3 Å². The first-order valence-electron chi connectivity index (χ1n) is 8.09. The van der Waals surface area contributed by atoms with Crippen molar-refractivity contribution >= 4 is 29.6 Å². The van der Waals surface area contributed by atoms with Gasteiger partial charge in [0.2, 0.25) is 17.8 Å². The Morgan fingerprint density at radius 1 is 1.31 bits per heavy atom. The minimum atomic E-state index is -0.259. The molecule has 1 amide bonds. The van der Waals surface area contributed by atoms with E-state index >= 15 is 0 Å². The van der Waals surface area contributed by atoms with Crippen molar-refractivity contribution in [3.63, 3.8) is 0 Å². The van der Waals surface area contributed by atoms with Gasteiger partial charge in [0, 0.05) is 26.2 Å². The Bertz CT molecular complexity index is 756. The predicted molar refractivity (Wildman–Crippen MR) is 104 cm³/mol. The molecule has 2 rings (SSSR count). The average Bonchev–Trinajstić information content (AvgIpc) is 2.63. The molecule has 26 heavy (non-hydrogen) atoms. The Kier molecular flexibility index (Phi) is 7.02. The summed E-state index contributed by atoms with van der Waals surface area (Å²) in [5.41, 5.74) is 6.65. The number of nitrogens with one attached hydrogen (secondary N) is 1. The fourth-order valence-corrected chi connectivity index (χ4v) is 2.90. The SMILES string of the molecule is COc1ccccc1CNC(=O)[C@@H](C)SCc1nc(N)nc(N(C)C)n1. The number of thioether (sulfide) groups is 1. The van der Waals surface area contributed by atoms with Crippen LogP contribution in [0.5, 0.6) is 5.75 Å². The number of rotatable bonds is 8. The molecule has 0 radical (unpaired) electrons. The Morgan fingerprint density at radius 2 is 2.04 bits per heavy atom. The van der Waals surface area contributed by atoms with Gasteiger partial charge >= 0.3 is 0 Å². The molecule has 2 aromatic rings. The molecule has 9 heteroatoms. The second-order valence-electron chi connectivity index (χ2n) is 5.79. The lowest BCUT2D eigenvalue weighted by atomic mass is 10.2. The van der Waals surface area contributed by atoms with E-state index in [9.17, 15) is 4.79 Å². The molecule has 1 aromatic carbocycles. The molecule has 0 aliphatic rings. The molecule has 0 aliphatic heterocycles. The Labute approximate surface area is 157 Å². The van der Waals surface area contributed by atoms with E-state index in [1.165, 1.54) is 11.8 Å². The van der Waals surface area contributed by atoms with Crippen molar-refractivity contribution in [1.29, 1.82) is 0 Å². The predicted octanol–water partition coefficient (Wildman–Crippen LogP) is 1.47. The van der Waals surface area contributed by atoms with E-state index < -0.39 is 0 Å². The lowest BCUT2D eigenvalue weighted by Gasteiger charge is -2.14. The van der Waals surface area contributed by atoms with Crippen molar-refractivity contribution < 1.29 is 9.53 Å². The topological polar surface area (TPSA) is 106 Å². The maximum Gasteiger partial charge on any atom is 0.233 e. The summed E-state index contributed by atoms with van der Waals surface area (Å²) >= 11 is 1.44. The van der Waals surface area contributed by atoms with Gasteiger partial charge in [0.05, 0.1) is 18.1 Å². The monoisotopic (exact) mass is 376 g/mol.